The number of hydrogen-bond donors (Lipinski definition) is 2. The lowest BCUT2D eigenvalue weighted by Gasteiger charge is -2.12. The Hall–Kier alpha value is -0.813. The Morgan fingerprint density at radius 3 is 2.71 bits per heavy atom. The normalized spacial score (nSPS) is 10.8. The number of unbranched alkanes of at least 4 members (excludes halogenated alkanes) is 1. The van der Waals surface area contributed by atoms with Crippen molar-refractivity contribution in [3.63, 3.8) is 0 Å². The minimum absolute atomic E-state index is 0.472. The third-order valence-electron chi connectivity index (χ3n) is 1.68. The number of ether oxygens (including phenoxy) is 1. The maximum atomic E-state index is 10.8. The van der Waals surface area contributed by atoms with Gasteiger partial charge in [-0.2, -0.15) is 0 Å². The second-order valence-electron chi connectivity index (χ2n) is 3.77. The van der Waals surface area contributed by atoms with Crippen LogP contribution in [0.4, 0.5) is 4.79 Å². The van der Waals surface area contributed by atoms with Gasteiger partial charge in [0.25, 0.3) is 0 Å². The number of rotatable bonds is 6. The molecule has 0 aromatic heterocycles. The molecule has 82 valence electrons. The number of carbonyl (C=O) groups is 1. The van der Waals surface area contributed by atoms with Crippen molar-refractivity contribution in [1.29, 1.82) is 0 Å². The number of carbonyl (C=O) groups excluding carboxylic acids is 1. The van der Waals surface area contributed by atoms with E-state index in [0.717, 1.165) is 25.1 Å². The molecule has 4 nitrogen and oxygen atoms in total. The van der Waals surface area contributed by atoms with Crippen LogP contribution < -0.4 is 5.32 Å². The van der Waals surface area contributed by atoms with Crippen LogP contribution in [0.3, 0.4) is 0 Å². The number of hydrogen-bond acceptors (Lipinski definition) is 3. The largest absolute Gasteiger partial charge is 0.432 e. The average Bonchev–Trinajstić information content (AvgIpc) is 2.02. The van der Waals surface area contributed by atoms with E-state index in [2.05, 4.69) is 16.6 Å². The van der Waals surface area contributed by atoms with Crippen LogP contribution in [0.25, 0.3) is 0 Å². The molecule has 0 bridgehead atoms. The summed E-state index contributed by atoms with van der Waals surface area (Å²) in [5.74, 6) is 0. The number of alkyl carbamates (subject to hydrolysis) is 1. The Bertz CT molecular complexity index is 189. The van der Waals surface area contributed by atoms with Gasteiger partial charge in [-0.1, -0.05) is 13.0 Å². The zero-order valence-corrected chi connectivity index (χ0v) is 9.88. The van der Waals surface area contributed by atoms with Gasteiger partial charge in [0, 0.05) is 6.54 Å². The van der Waals surface area contributed by atoms with Crippen molar-refractivity contribution in [3.8, 4) is 0 Å². The molecule has 0 atom stereocenters. The van der Waals surface area contributed by atoms with Crippen LogP contribution in [0.2, 0.25) is 19.1 Å². The van der Waals surface area contributed by atoms with E-state index < -0.39 is 14.4 Å². The topological polar surface area (TPSA) is 58.6 Å². The summed E-state index contributed by atoms with van der Waals surface area (Å²) in [5, 5.41) is 2.57. The van der Waals surface area contributed by atoms with Gasteiger partial charge in [0.2, 0.25) is 0 Å². The first-order chi connectivity index (χ1) is 6.45. The van der Waals surface area contributed by atoms with Gasteiger partial charge in [-0.05, 0) is 25.6 Å². The lowest BCUT2D eigenvalue weighted by molar-refractivity contribution is 0.185. The molecule has 2 N–H and O–H groups in total. The molecule has 1 amide bonds. The molecule has 0 saturated heterocycles. The Labute approximate surface area is 86.1 Å². The fourth-order valence-electron chi connectivity index (χ4n) is 0.990. The van der Waals surface area contributed by atoms with Gasteiger partial charge >= 0.3 is 6.09 Å². The third kappa shape index (κ3) is 9.28. The molecule has 0 rings (SSSR count). The van der Waals surface area contributed by atoms with Gasteiger partial charge in [-0.15, -0.1) is 0 Å². The minimum Gasteiger partial charge on any atom is -0.432 e. The highest BCUT2D eigenvalue weighted by molar-refractivity contribution is 6.69. The van der Waals surface area contributed by atoms with Crippen LogP contribution in [0, 0.1) is 0 Å². The first kappa shape index (κ1) is 13.2. The van der Waals surface area contributed by atoms with Crippen LogP contribution in [0.15, 0.2) is 12.8 Å². The molecule has 0 aliphatic rings. The first-order valence-corrected chi connectivity index (χ1v) is 7.89. The second-order valence-corrected chi connectivity index (χ2v) is 7.89. The molecular formula is C9H19NO3Si. The maximum absolute atomic E-state index is 10.8. The van der Waals surface area contributed by atoms with Crippen molar-refractivity contribution in [2.45, 2.75) is 32.0 Å². The second kappa shape index (κ2) is 6.61. The molecule has 0 aliphatic carbocycles. The first-order valence-electron chi connectivity index (χ1n) is 4.73. The summed E-state index contributed by atoms with van der Waals surface area (Å²) in [7, 11) is -1.91. The van der Waals surface area contributed by atoms with Gasteiger partial charge < -0.3 is 14.8 Å². The van der Waals surface area contributed by atoms with Crippen LogP contribution in [-0.4, -0.2) is 25.8 Å². The molecule has 0 aromatic rings. The quantitative estimate of drug-likeness (QED) is 0.405. The van der Waals surface area contributed by atoms with E-state index in [1.54, 1.807) is 0 Å². The highest BCUT2D eigenvalue weighted by atomic mass is 28.4. The van der Waals surface area contributed by atoms with E-state index in [1.807, 2.05) is 13.1 Å². The zero-order valence-electron chi connectivity index (χ0n) is 8.88. The van der Waals surface area contributed by atoms with Crippen molar-refractivity contribution in [2.75, 3.05) is 6.54 Å². The Morgan fingerprint density at radius 2 is 2.21 bits per heavy atom. The zero-order chi connectivity index (χ0) is 11.0. The van der Waals surface area contributed by atoms with Gasteiger partial charge in [0.05, 0.1) is 6.26 Å². The van der Waals surface area contributed by atoms with Crippen molar-refractivity contribution >= 4 is 14.4 Å². The van der Waals surface area contributed by atoms with Crippen molar-refractivity contribution in [1.82, 2.24) is 5.32 Å². The SMILES string of the molecule is C=COC(=O)NCCCC[Si](C)(C)O. The number of nitrogens with one attached hydrogen (secondary N) is 1. The predicted octanol–water partition coefficient (Wildman–Crippen LogP) is 1.83. The molecule has 14 heavy (non-hydrogen) atoms. The highest BCUT2D eigenvalue weighted by Gasteiger charge is 2.15. The average molecular weight is 217 g/mol. The minimum atomic E-state index is -1.91. The van der Waals surface area contributed by atoms with E-state index in [9.17, 15) is 9.59 Å². The molecule has 5 heteroatoms. The highest BCUT2D eigenvalue weighted by Crippen LogP contribution is 2.08. The van der Waals surface area contributed by atoms with Gasteiger partial charge in [-0.25, -0.2) is 4.79 Å². The van der Waals surface area contributed by atoms with Crippen LogP contribution in [0.1, 0.15) is 12.8 Å². The van der Waals surface area contributed by atoms with Gasteiger partial charge in [0.1, 0.15) is 0 Å². The predicted molar refractivity (Wildman–Crippen MR) is 58.4 cm³/mol. The monoisotopic (exact) mass is 217 g/mol. The molecule has 0 heterocycles. The van der Waals surface area contributed by atoms with E-state index in [4.69, 9.17) is 0 Å². The molecule has 0 spiro atoms. The Morgan fingerprint density at radius 1 is 1.57 bits per heavy atom. The summed E-state index contributed by atoms with van der Waals surface area (Å²) in [4.78, 5) is 20.3. The lowest BCUT2D eigenvalue weighted by atomic mass is 10.3. The Balaban J connectivity index is 3.30. The van der Waals surface area contributed by atoms with E-state index in [-0.39, 0.29) is 0 Å². The van der Waals surface area contributed by atoms with Crippen LogP contribution >= 0.6 is 0 Å². The van der Waals surface area contributed by atoms with E-state index >= 15 is 0 Å². The summed E-state index contributed by atoms with van der Waals surface area (Å²) in [6.07, 6.45) is 2.42. The molecule has 0 aromatic carbocycles. The van der Waals surface area contributed by atoms with Crippen LogP contribution in [-0.2, 0) is 4.74 Å². The summed E-state index contributed by atoms with van der Waals surface area (Å²) in [6.45, 7) is 7.67. The maximum Gasteiger partial charge on any atom is 0.411 e. The summed E-state index contributed by atoms with van der Waals surface area (Å²) in [6, 6.07) is 0.866. The summed E-state index contributed by atoms with van der Waals surface area (Å²) < 4.78 is 4.46. The van der Waals surface area contributed by atoms with Gasteiger partial charge in [0.15, 0.2) is 8.32 Å². The molecule has 0 unspecified atom stereocenters. The summed E-state index contributed by atoms with van der Waals surface area (Å²) >= 11 is 0. The fraction of sp³-hybridized carbons (Fsp3) is 0.667. The Kier molecular flexibility index (Phi) is 6.23. The van der Waals surface area contributed by atoms with E-state index in [1.165, 1.54) is 0 Å². The third-order valence-corrected chi connectivity index (χ3v) is 3.25. The fourth-order valence-corrected chi connectivity index (χ4v) is 2.11. The number of amides is 1. The lowest BCUT2D eigenvalue weighted by Crippen LogP contribution is -2.26. The van der Waals surface area contributed by atoms with Gasteiger partial charge in [-0.3, -0.25) is 0 Å². The molecule has 0 aliphatic heterocycles. The van der Waals surface area contributed by atoms with E-state index in [0.29, 0.717) is 6.54 Å². The van der Waals surface area contributed by atoms with Crippen molar-refractivity contribution < 1.29 is 14.3 Å². The molecular weight excluding hydrogens is 198 g/mol. The van der Waals surface area contributed by atoms with Crippen LogP contribution in [0.5, 0.6) is 0 Å². The molecule has 0 fully saturated rings. The molecule has 0 radical (unpaired) electrons. The molecule has 0 saturated carbocycles. The van der Waals surface area contributed by atoms with Crippen molar-refractivity contribution in [2.24, 2.45) is 0 Å². The standard InChI is InChI=1S/C9H19NO3Si/c1-4-13-9(11)10-7-5-6-8-14(2,3)12/h4,12H,1,5-8H2,2-3H3,(H,10,11). The van der Waals surface area contributed by atoms with Crippen molar-refractivity contribution in [3.05, 3.63) is 12.8 Å². The summed E-state index contributed by atoms with van der Waals surface area (Å²) in [5.41, 5.74) is 0. The smallest absolute Gasteiger partial charge is 0.411 e.